The van der Waals surface area contributed by atoms with E-state index in [1.807, 2.05) is 26.0 Å². The van der Waals surface area contributed by atoms with Crippen LogP contribution in [0.25, 0.3) is 0 Å². The van der Waals surface area contributed by atoms with Gasteiger partial charge < -0.3 is 20.1 Å². The lowest BCUT2D eigenvalue weighted by Gasteiger charge is -2.30. The van der Waals surface area contributed by atoms with Gasteiger partial charge in [0.05, 0.1) is 20.8 Å². The Hall–Kier alpha value is -3.06. The number of nitrogens with one attached hydrogen (secondary N) is 2. The van der Waals surface area contributed by atoms with E-state index in [1.165, 1.54) is 5.56 Å². The maximum Gasteiger partial charge on any atom is 0.238 e. The van der Waals surface area contributed by atoms with Gasteiger partial charge in [-0.3, -0.25) is 14.5 Å². The Labute approximate surface area is 183 Å². The Morgan fingerprint density at radius 3 is 2.32 bits per heavy atom. The lowest BCUT2D eigenvalue weighted by Crippen LogP contribution is -2.41. The fraction of sp³-hybridized carbons (Fsp3) is 0.417. The first-order chi connectivity index (χ1) is 14.9. The molecule has 1 saturated heterocycles. The smallest absolute Gasteiger partial charge is 0.238 e. The maximum absolute atomic E-state index is 12.7. The van der Waals surface area contributed by atoms with Gasteiger partial charge in [-0.2, -0.15) is 0 Å². The summed E-state index contributed by atoms with van der Waals surface area (Å²) in [5, 5.41) is 5.95. The van der Waals surface area contributed by atoms with Crippen LogP contribution in [-0.4, -0.2) is 50.6 Å². The van der Waals surface area contributed by atoms with Crippen molar-refractivity contribution in [3.63, 3.8) is 0 Å². The molecule has 0 spiro atoms. The summed E-state index contributed by atoms with van der Waals surface area (Å²) in [6.07, 6.45) is 1.44. The van der Waals surface area contributed by atoms with Gasteiger partial charge in [-0.15, -0.1) is 0 Å². The van der Waals surface area contributed by atoms with E-state index < -0.39 is 0 Å². The number of carbonyl (C=O) groups is 2. The lowest BCUT2D eigenvalue weighted by atomic mass is 9.95. The third-order valence-corrected chi connectivity index (χ3v) is 5.63. The molecule has 0 bridgehead atoms. The molecule has 0 aromatic heterocycles. The summed E-state index contributed by atoms with van der Waals surface area (Å²) in [7, 11) is 3.14. The summed E-state index contributed by atoms with van der Waals surface area (Å²) >= 11 is 0. The number of anilines is 2. The molecule has 31 heavy (non-hydrogen) atoms. The molecule has 0 radical (unpaired) electrons. The van der Waals surface area contributed by atoms with Crippen LogP contribution in [-0.2, 0) is 9.59 Å². The molecular weight excluding hydrogens is 394 g/mol. The molecule has 0 unspecified atom stereocenters. The molecule has 2 aromatic carbocycles. The Bertz CT molecular complexity index is 936. The molecule has 1 fully saturated rings. The fourth-order valence-electron chi connectivity index (χ4n) is 3.86. The molecule has 166 valence electrons. The van der Waals surface area contributed by atoms with Crippen LogP contribution < -0.4 is 20.1 Å². The second-order valence-corrected chi connectivity index (χ2v) is 7.98. The van der Waals surface area contributed by atoms with Crippen LogP contribution in [0.15, 0.2) is 36.4 Å². The summed E-state index contributed by atoms with van der Waals surface area (Å²) in [4.78, 5) is 27.2. The van der Waals surface area contributed by atoms with Crippen molar-refractivity contribution < 1.29 is 19.1 Å². The van der Waals surface area contributed by atoms with Crippen molar-refractivity contribution in [3.8, 4) is 11.5 Å². The number of methoxy groups -OCH3 is 2. The molecule has 1 heterocycles. The van der Waals surface area contributed by atoms with Gasteiger partial charge in [-0.1, -0.05) is 17.7 Å². The zero-order valence-electron chi connectivity index (χ0n) is 18.7. The van der Waals surface area contributed by atoms with Crippen LogP contribution in [0.4, 0.5) is 11.4 Å². The number of aryl methyl sites for hydroxylation is 2. The van der Waals surface area contributed by atoms with Gasteiger partial charge >= 0.3 is 0 Å². The van der Waals surface area contributed by atoms with E-state index in [-0.39, 0.29) is 17.7 Å². The number of hydrogen-bond acceptors (Lipinski definition) is 5. The third kappa shape index (κ3) is 5.98. The zero-order valence-corrected chi connectivity index (χ0v) is 18.7. The Kier molecular flexibility index (Phi) is 7.52. The highest BCUT2D eigenvalue weighted by Gasteiger charge is 2.26. The predicted molar refractivity (Wildman–Crippen MR) is 122 cm³/mol. The van der Waals surface area contributed by atoms with E-state index in [0.29, 0.717) is 36.8 Å². The average molecular weight is 426 g/mol. The minimum Gasteiger partial charge on any atom is -0.493 e. The topological polar surface area (TPSA) is 79.9 Å². The van der Waals surface area contributed by atoms with Crippen LogP contribution >= 0.6 is 0 Å². The van der Waals surface area contributed by atoms with E-state index in [1.54, 1.807) is 32.4 Å². The third-order valence-electron chi connectivity index (χ3n) is 5.63. The van der Waals surface area contributed by atoms with Crippen LogP contribution in [0.2, 0.25) is 0 Å². The van der Waals surface area contributed by atoms with Gasteiger partial charge in [-0.05, 0) is 63.5 Å². The molecular formula is C24H31N3O4. The maximum atomic E-state index is 12.7. The number of piperidine rings is 1. The van der Waals surface area contributed by atoms with E-state index in [4.69, 9.17) is 9.47 Å². The molecule has 1 aliphatic heterocycles. The Balaban J connectivity index is 1.47. The largest absolute Gasteiger partial charge is 0.493 e. The highest BCUT2D eigenvalue weighted by Crippen LogP contribution is 2.30. The molecule has 3 rings (SSSR count). The number of amides is 2. The van der Waals surface area contributed by atoms with Crippen molar-refractivity contribution in [1.82, 2.24) is 4.90 Å². The van der Waals surface area contributed by atoms with E-state index in [2.05, 4.69) is 21.6 Å². The number of rotatable bonds is 7. The normalized spacial score (nSPS) is 14.7. The molecule has 1 aliphatic rings. The molecule has 0 atom stereocenters. The van der Waals surface area contributed by atoms with Gasteiger partial charge in [0, 0.05) is 23.4 Å². The highest BCUT2D eigenvalue weighted by molar-refractivity contribution is 5.94. The molecule has 2 amide bonds. The second-order valence-electron chi connectivity index (χ2n) is 7.98. The van der Waals surface area contributed by atoms with E-state index >= 15 is 0 Å². The van der Waals surface area contributed by atoms with Crippen molar-refractivity contribution >= 4 is 23.2 Å². The van der Waals surface area contributed by atoms with E-state index in [9.17, 15) is 9.59 Å². The molecule has 2 N–H and O–H groups in total. The minimum absolute atomic E-state index is 0.00778. The summed E-state index contributed by atoms with van der Waals surface area (Å²) in [5.74, 6) is 1.08. The summed E-state index contributed by atoms with van der Waals surface area (Å²) in [6, 6.07) is 11.3. The van der Waals surface area contributed by atoms with Crippen LogP contribution in [0.5, 0.6) is 11.5 Å². The van der Waals surface area contributed by atoms with Gasteiger partial charge in [0.2, 0.25) is 11.8 Å². The van der Waals surface area contributed by atoms with Crippen LogP contribution in [0.3, 0.4) is 0 Å². The van der Waals surface area contributed by atoms with Crippen molar-refractivity contribution in [2.45, 2.75) is 26.7 Å². The number of ether oxygens (including phenoxy) is 2. The summed E-state index contributed by atoms with van der Waals surface area (Å²) in [6.45, 7) is 5.78. The first-order valence-corrected chi connectivity index (χ1v) is 10.5. The number of benzene rings is 2. The van der Waals surface area contributed by atoms with Crippen molar-refractivity contribution in [1.29, 1.82) is 0 Å². The minimum atomic E-state index is -0.0771. The molecule has 2 aromatic rings. The number of likely N-dealkylation sites (tertiary alicyclic amines) is 1. The average Bonchev–Trinajstić information content (AvgIpc) is 2.76. The molecule has 0 aliphatic carbocycles. The Morgan fingerprint density at radius 2 is 1.68 bits per heavy atom. The molecule has 0 saturated carbocycles. The second kappa shape index (κ2) is 10.3. The SMILES string of the molecule is COc1ccc(NC(=O)C2CCN(CC(=O)Nc3ccc(C)cc3C)CC2)cc1OC. The van der Waals surface area contributed by atoms with Crippen molar-refractivity contribution in [2.24, 2.45) is 5.92 Å². The molecule has 7 heteroatoms. The number of nitrogens with zero attached hydrogens (tertiary/aromatic N) is 1. The van der Waals surface area contributed by atoms with E-state index in [0.717, 1.165) is 24.1 Å². The molecule has 7 nitrogen and oxygen atoms in total. The van der Waals surface area contributed by atoms with Crippen molar-refractivity contribution in [3.05, 3.63) is 47.5 Å². The number of hydrogen-bond donors (Lipinski definition) is 2. The summed E-state index contributed by atoms with van der Waals surface area (Å²) < 4.78 is 10.5. The van der Waals surface area contributed by atoms with Gasteiger partial charge in [0.25, 0.3) is 0 Å². The predicted octanol–water partition coefficient (Wildman–Crippen LogP) is 3.61. The fourth-order valence-corrected chi connectivity index (χ4v) is 3.86. The van der Waals surface area contributed by atoms with Crippen LogP contribution in [0, 0.1) is 19.8 Å². The van der Waals surface area contributed by atoms with Crippen molar-refractivity contribution in [2.75, 3.05) is 44.5 Å². The Morgan fingerprint density at radius 1 is 0.968 bits per heavy atom. The van der Waals surface area contributed by atoms with Gasteiger partial charge in [0.15, 0.2) is 11.5 Å². The quantitative estimate of drug-likeness (QED) is 0.708. The lowest BCUT2D eigenvalue weighted by molar-refractivity contribution is -0.121. The first-order valence-electron chi connectivity index (χ1n) is 10.5. The van der Waals surface area contributed by atoms with Gasteiger partial charge in [-0.25, -0.2) is 0 Å². The summed E-state index contributed by atoms with van der Waals surface area (Å²) in [5.41, 5.74) is 3.75. The van der Waals surface area contributed by atoms with Crippen LogP contribution in [0.1, 0.15) is 24.0 Å². The number of carbonyl (C=O) groups excluding carboxylic acids is 2. The van der Waals surface area contributed by atoms with Gasteiger partial charge in [0.1, 0.15) is 0 Å². The monoisotopic (exact) mass is 425 g/mol. The highest BCUT2D eigenvalue weighted by atomic mass is 16.5. The zero-order chi connectivity index (χ0) is 22.4. The first kappa shape index (κ1) is 22.6. The standard InChI is InChI=1S/C24H31N3O4/c1-16-5-7-20(17(2)13-16)26-23(28)15-27-11-9-18(10-12-27)24(29)25-19-6-8-21(30-3)22(14-19)31-4/h5-8,13-14,18H,9-12,15H2,1-4H3,(H,25,29)(H,26,28).